The summed E-state index contributed by atoms with van der Waals surface area (Å²) in [4.78, 5) is 11.4. The van der Waals surface area contributed by atoms with Crippen LogP contribution < -0.4 is 0 Å². The molecule has 1 aromatic carbocycles. The molecule has 0 spiro atoms. The first-order chi connectivity index (χ1) is 9.32. The van der Waals surface area contributed by atoms with Gasteiger partial charge in [0.2, 0.25) is 0 Å². The van der Waals surface area contributed by atoms with Gasteiger partial charge in [0.1, 0.15) is 11.6 Å². The number of ketones is 1. The van der Waals surface area contributed by atoms with E-state index in [1.165, 1.54) is 12.1 Å². The molecule has 0 bridgehead atoms. The number of alkyl halides is 3. The molecule has 0 N–H and O–H groups in total. The van der Waals surface area contributed by atoms with Crippen LogP contribution in [0.2, 0.25) is 0 Å². The lowest BCUT2D eigenvalue weighted by Crippen LogP contribution is -2.05. The second kappa shape index (κ2) is 5.11. The molecule has 0 atom stereocenters. The van der Waals surface area contributed by atoms with E-state index >= 15 is 0 Å². The lowest BCUT2D eigenvalue weighted by Gasteiger charge is -2.08. The van der Waals surface area contributed by atoms with Crippen LogP contribution in [0.4, 0.5) is 17.6 Å². The molecule has 6 heteroatoms. The maximum Gasteiger partial charge on any atom is 0.416 e. The fourth-order valence-corrected chi connectivity index (χ4v) is 1.70. The zero-order chi connectivity index (χ0) is 14.9. The number of halogens is 4. The number of carbonyl (C=O) groups excluding carboxylic acids is 1. The molecule has 2 nitrogen and oxygen atoms in total. The van der Waals surface area contributed by atoms with Gasteiger partial charge in [0, 0.05) is 6.42 Å². The van der Waals surface area contributed by atoms with E-state index in [9.17, 15) is 22.4 Å². The third kappa shape index (κ3) is 2.74. The molecule has 106 valence electrons. The quantitative estimate of drug-likeness (QED) is 0.605. The highest BCUT2D eigenvalue weighted by Crippen LogP contribution is 2.34. The highest BCUT2D eigenvalue weighted by Gasteiger charge is 2.31. The van der Waals surface area contributed by atoms with E-state index in [-0.39, 0.29) is 29.3 Å². The minimum atomic E-state index is -4.57. The average Bonchev–Trinajstić information content (AvgIpc) is 2.86. The first-order valence-electron chi connectivity index (χ1n) is 5.83. The number of Topliss-reactive ketones (excluding diaryl/α,β-unsaturated/α-hetero) is 1. The Balaban J connectivity index is 2.47. The first kappa shape index (κ1) is 14.3. The van der Waals surface area contributed by atoms with E-state index < -0.39 is 17.6 Å². The van der Waals surface area contributed by atoms with Gasteiger partial charge in [-0.25, -0.2) is 4.39 Å². The molecule has 0 radical (unpaired) electrons. The highest BCUT2D eigenvalue weighted by atomic mass is 19.4. The average molecular weight is 286 g/mol. The first-order valence-corrected chi connectivity index (χ1v) is 5.83. The molecule has 0 fully saturated rings. The highest BCUT2D eigenvalue weighted by molar-refractivity contribution is 5.93. The lowest BCUT2D eigenvalue weighted by molar-refractivity contribution is -0.137. The van der Waals surface area contributed by atoms with E-state index in [1.807, 2.05) is 0 Å². The van der Waals surface area contributed by atoms with Crippen molar-refractivity contribution < 1.29 is 26.8 Å². The van der Waals surface area contributed by atoms with Crippen molar-refractivity contribution in [1.82, 2.24) is 0 Å². The number of hydrogen-bond donors (Lipinski definition) is 0. The van der Waals surface area contributed by atoms with Gasteiger partial charge in [0.25, 0.3) is 0 Å². The molecule has 20 heavy (non-hydrogen) atoms. The molecular weight excluding hydrogens is 276 g/mol. The number of rotatable bonds is 3. The summed E-state index contributed by atoms with van der Waals surface area (Å²) >= 11 is 0. The summed E-state index contributed by atoms with van der Waals surface area (Å²) in [6.07, 6.45) is -4.38. The van der Waals surface area contributed by atoms with Crippen molar-refractivity contribution in [2.24, 2.45) is 0 Å². The zero-order valence-corrected chi connectivity index (χ0v) is 10.4. The van der Waals surface area contributed by atoms with Gasteiger partial charge in [0.15, 0.2) is 11.5 Å². The molecule has 0 saturated heterocycles. The fourth-order valence-electron chi connectivity index (χ4n) is 1.70. The second-order valence-electron chi connectivity index (χ2n) is 4.13. The minimum absolute atomic E-state index is 0.000637. The number of furan rings is 1. The predicted octanol–water partition coefficient (Wildman–Crippen LogP) is 4.70. The van der Waals surface area contributed by atoms with Gasteiger partial charge in [0.05, 0.1) is 11.1 Å². The topological polar surface area (TPSA) is 30.2 Å². The van der Waals surface area contributed by atoms with Crippen molar-refractivity contribution in [3.05, 3.63) is 47.5 Å². The summed E-state index contributed by atoms with van der Waals surface area (Å²) in [7, 11) is 0. The third-order valence-electron chi connectivity index (χ3n) is 2.76. The maximum atomic E-state index is 13.6. The molecule has 1 aromatic heterocycles. The van der Waals surface area contributed by atoms with Crippen molar-refractivity contribution in [3.63, 3.8) is 0 Å². The van der Waals surface area contributed by atoms with Crippen molar-refractivity contribution in [1.29, 1.82) is 0 Å². The van der Waals surface area contributed by atoms with Crippen LogP contribution in [0, 0.1) is 5.82 Å². The van der Waals surface area contributed by atoms with Gasteiger partial charge in [-0.3, -0.25) is 4.79 Å². The Morgan fingerprint density at radius 3 is 2.50 bits per heavy atom. The smallest absolute Gasteiger partial charge is 0.416 e. The Hall–Kier alpha value is -2.11. The van der Waals surface area contributed by atoms with Gasteiger partial charge in [-0.1, -0.05) is 6.92 Å². The molecule has 1 heterocycles. The molecule has 0 saturated carbocycles. The summed E-state index contributed by atoms with van der Waals surface area (Å²) in [5.74, 6) is -1.25. The van der Waals surface area contributed by atoms with Crippen LogP contribution in [0.3, 0.4) is 0 Å². The molecule has 0 aliphatic carbocycles. The SMILES string of the molecule is CCC(=O)c1ccc(-c2cc(C(F)(F)F)ccc2F)o1. The molecule has 0 aliphatic heterocycles. The van der Waals surface area contributed by atoms with Crippen LogP contribution in [-0.4, -0.2) is 5.78 Å². The van der Waals surface area contributed by atoms with Crippen molar-refractivity contribution >= 4 is 5.78 Å². The van der Waals surface area contributed by atoms with Gasteiger partial charge >= 0.3 is 6.18 Å². The predicted molar refractivity (Wildman–Crippen MR) is 63.7 cm³/mol. The van der Waals surface area contributed by atoms with Crippen molar-refractivity contribution in [2.45, 2.75) is 19.5 Å². The van der Waals surface area contributed by atoms with Gasteiger partial charge < -0.3 is 4.42 Å². The van der Waals surface area contributed by atoms with E-state index in [2.05, 4.69) is 0 Å². The van der Waals surface area contributed by atoms with E-state index in [0.717, 1.165) is 6.07 Å². The summed E-state index contributed by atoms with van der Waals surface area (Å²) in [5.41, 5.74) is -1.30. The summed E-state index contributed by atoms with van der Waals surface area (Å²) in [5, 5.41) is 0. The van der Waals surface area contributed by atoms with E-state index in [1.54, 1.807) is 6.92 Å². The second-order valence-corrected chi connectivity index (χ2v) is 4.13. The molecule has 0 aliphatic rings. The number of benzene rings is 1. The standard InChI is InChI=1S/C14H10F4O2/c1-2-11(19)13-6-5-12(20-13)9-7-8(14(16,17)18)3-4-10(9)15/h3-7H,2H2,1H3. The van der Waals surface area contributed by atoms with Crippen LogP contribution >= 0.6 is 0 Å². The third-order valence-corrected chi connectivity index (χ3v) is 2.76. The van der Waals surface area contributed by atoms with Crippen LogP contribution in [-0.2, 0) is 6.18 Å². The lowest BCUT2D eigenvalue weighted by atomic mass is 10.1. The van der Waals surface area contributed by atoms with Gasteiger partial charge in [-0.2, -0.15) is 13.2 Å². The van der Waals surface area contributed by atoms with Crippen molar-refractivity contribution in [3.8, 4) is 11.3 Å². The monoisotopic (exact) mass is 286 g/mol. The molecule has 0 unspecified atom stereocenters. The summed E-state index contributed by atoms with van der Waals surface area (Å²) in [6.45, 7) is 1.62. The Morgan fingerprint density at radius 1 is 1.20 bits per heavy atom. The van der Waals surface area contributed by atoms with Crippen molar-refractivity contribution in [2.75, 3.05) is 0 Å². The van der Waals surface area contributed by atoms with Crippen LogP contribution in [0.15, 0.2) is 34.7 Å². The van der Waals surface area contributed by atoms with Crippen LogP contribution in [0.1, 0.15) is 29.5 Å². The van der Waals surface area contributed by atoms with Crippen LogP contribution in [0.5, 0.6) is 0 Å². The summed E-state index contributed by atoms with van der Waals surface area (Å²) < 4.78 is 56.5. The van der Waals surface area contributed by atoms with E-state index in [4.69, 9.17) is 4.42 Å². The minimum Gasteiger partial charge on any atom is -0.453 e. The van der Waals surface area contributed by atoms with E-state index in [0.29, 0.717) is 12.1 Å². The molecular formula is C14H10F4O2. The number of carbonyl (C=O) groups is 1. The Bertz CT molecular complexity index is 641. The zero-order valence-electron chi connectivity index (χ0n) is 10.4. The number of hydrogen-bond acceptors (Lipinski definition) is 2. The fraction of sp³-hybridized carbons (Fsp3) is 0.214. The Labute approximate surface area is 112 Å². The summed E-state index contributed by atoms with van der Waals surface area (Å²) in [6, 6.07) is 4.64. The molecule has 0 amide bonds. The van der Waals surface area contributed by atoms with Gasteiger partial charge in [-0.05, 0) is 30.3 Å². The normalized spacial score (nSPS) is 11.7. The Kier molecular flexibility index (Phi) is 3.65. The molecule has 2 aromatic rings. The maximum absolute atomic E-state index is 13.6. The van der Waals surface area contributed by atoms with Crippen LogP contribution in [0.25, 0.3) is 11.3 Å². The van der Waals surface area contributed by atoms with Gasteiger partial charge in [-0.15, -0.1) is 0 Å². The molecule has 2 rings (SSSR count). The largest absolute Gasteiger partial charge is 0.453 e. The Morgan fingerprint density at radius 2 is 1.90 bits per heavy atom.